The third-order valence-corrected chi connectivity index (χ3v) is 5.42. The summed E-state index contributed by atoms with van der Waals surface area (Å²) in [5.74, 6) is -0.176. The van der Waals surface area contributed by atoms with Crippen molar-refractivity contribution in [3.63, 3.8) is 0 Å². The van der Waals surface area contributed by atoms with E-state index in [-0.39, 0.29) is 31.6 Å². The van der Waals surface area contributed by atoms with Crippen LogP contribution in [0.25, 0.3) is 0 Å². The normalized spacial score (nSPS) is 24.8. The molecular formula is C20H26N2O5. The average molecular weight is 374 g/mol. The first kappa shape index (κ1) is 19.2. The van der Waals surface area contributed by atoms with Gasteiger partial charge in [-0.25, -0.2) is 4.79 Å². The molecule has 7 heteroatoms. The summed E-state index contributed by atoms with van der Waals surface area (Å²) in [4.78, 5) is 38.1. The fourth-order valence-electron chi connectivity index (χ4n) is 3.76. The van der Waals surface area contributed by atoms with Crippen LogP contribution in [0, 0.1) is 12.8 Å². The van der Waals surface area contributed by atoms with Crippen LogP contribution in [0.5, 0.6) is 5.75 Å². The van der Waals surface area contributed by atoms with E-state index < -0.39 is 17.5 Å². The lowest BCUT2D eigenvalue weighted by Crippen LogP contribution is -2.54. The molecule has 2 aliphatic rings. The topological polar surface area (TPSA) is 84.9 Å². The molecule has 1 heterocycles. The van der Waals surface area contributed by atoms with E-state index in [1.54, 1.807) is 0 Å². The molecule has 2 atom stereocenters. The van der Waals surface area contributed by atoms with Crippen molar-refractivity contribution in [3.05, 3.63) is 29.8 Å². The number of amides is 3. The number of imide groups is 1. The minimum atomic E-state index is -0.857. The molecule has 2 fully saturated rings. The molecule has 0 aromatic heterocycles. The number of esters is 1. The molecule has 1 N–H and O–H groups in total. The lowest BCUT2D eigenvalue weighted by Gasteiger charge is -2.36. The van der Waals surface area contributed by atoms with Crippen molar-refractivity contribution in [1.29, 1.82) is 0 Å². The molecule has 1 aromatic rings. The number of nitrogens with one attached hydrogen (secondary N) is 1. The van der Waals surface area contributed by atoms with E-state index in [9.17, 15) is 14.4 Å². The number of aryl methyl sites for hydroxylation is 1. The summed E-state index contributed by atoms with van der Waals surface area (Å²) in [5.41, 5.74) is 0.275. The Kier molecular flexibility index (Phi) is 5.68. The van der Waals surface area contributed by atoms with Crippen LogP contribution in [0.1, 0.15) is 38.2 Å². The second-order valence-electron chi connectivity index (χ2n) is 7.32. The van der Waals surface area contributed by atoms with Gasteiger partial charge in [0.2, 0.25) is 0 Å². The number of nitrogens with zero attached hydrogens (tertiary/aromatic N) is 1. The maximum absolute atomic E-state index is 12.8. The second-order valence-corrected chi connectivity index (χ2v) is 7.32. The predicted molar refractivity (Wildman–Crippen MR) is 98.2 cm³/mol. The lowest BCUT2D eigenvalue weighted by atomic mass is 9.73. The van der Waals surface area contributed by atoms with Crippen LogP contribution in [-0.4, -0.2) is 48.1 Å². The fourth-order valence-corrected chi connectivity index (χ4v) is 3.76. The zero-order valence-corrected chi connectivity index (χ0v) is 15.8. The highest BCUT2D eigenvalue weighted by atomic mass is 16.6. The van der Waals surface area contributed by atoms with Crippen molar-refractivity contribution < 1.29 is 23.9 Å². The Morgan fingerprint density at radius 1 is 1.22 bits per heavy atom. The van der Waals surface area contributed by atoms with Gasteiger partial charge >= 0.3 is 12.0 Å². The highest BCUT2D eigenvalue weighted by Crippen LogP contribution is 2.38. The predicted octanol–water partition coefficient (Wildman–Crippen LogP) is 2.42. The SMILES string of the molecule is Cc1ccc(OCCOC(=O)CN2C(=O)N[C@@]3(CCCC[C@@H]3C)C2=O)cc1. The van der Waals surface area contributed by atoms with E-state index in [2.05, 4.69) is 5.32 Å². The largest absolute Gasteiger partial charge is 0.490 e. The Hall–Kier alpha value is -2.57. The average Bonchev–Trinajstić information content (AvgIpc) is 2.88. The van der Waals surface area contributed by atoms with Crippen molar-refractivity contribution in [2.75, 3.05) is 19.8 Å². The highest BCUT2D eigenvalue weighted by Gasteiger charge is 2.55. The van der Waals surface area contributed by atoms with Crippen molar-refractivity contribution in [2.45, 2.75) is 45.1 Å². The maximum Gasteiger partial charge on any atom is 0.326 e. The number of ether oxygens (including phenoxy) is 2. The molecule has 3 amide bonds. The summed E-state index contributed by atoms with van der Waals surface area (Å²) in [7, 11) is 0. The smallest absolute Gasteiger partial charge is 0.326 e. The molecule has 1 saturated heterocycles. The summed E-state index contributed by atoms with van der Waals surface area (Å²) in [5, 5.41) is 2.82. The number of hydrogen-bond donors (Lipinski definition) is 1. The standard InChI is InChI=1S/C20H26N2O5/c1-14-6-8-16(9-7-14)26-11-12-27-17(23)13-22-18(24)20(21-19(22)25)10-4-3-5-15(20)2/h6-9,15H,3-5,10-13H2,1-2H3,(H,21,25)/t15-,20+/m0/s1. The number of carbonyl (C=O) groups excluding carboxylic acids is 3. The summed E-state index contributed by atoms with van der Waals surface area (Å²) in [6, 6.07) is 7.04. The first-order chi connectivity index (χ1) is 12.9. The van der Waals surface area contributed by atoms with Crippen LogP contribution in [-0.2, 0) is 14.3 Å². The monoisotopic (exact) mass is 374 g/mol. The highest BCUT2D eigenvalue weighted by molar-refractivity contribution is 6.08. The second kappa shape index (κ2) is 7.98. The molecule has 0 bridgehead atoms. The molecule has 7 nitrogen and oxygen atoms in total. The van der Waals surface area contributed by atoms with Gasteiger partial charge in [-0.1, -0.05) is 37.5 Å². The van der Waals surface area contributed by atoms with Crippen LogP contribution in [0.2, 0.25) is 0 Å². The summed E-state index contributed by atoms with van der Waals surface area (Å²) >= 11 is 0. The molecule has 1 aliphatic carbocycles. The third kappa shape index (κ3) is 4.07. The van der Waals surface area contributed by atoms with Gasteiger partial charge in [-0.05, 0) is 37.8 Å². The molecule has 27 heavy (non-hydrogen) atoms. The lowest BCUT2D eigenvalue weighted by molar-refractivity contribution is -0.149. The zero-order chi connectivity index (χ0) is 19.4. The number of benzene rings is 1. The Morgan fingerprint density at radius 3 is 2.67 bits per heavy atom. The van der Waals surface area contributed by atoms with E-state index in [1.807, 2.05) is 38.1 Å². The molecule has 0 unspecified atom stereocenters. The first-order valence-corrected chi connectivity index (χ1v) is 9.41. The van der Waals surface area contributed by atoms with Gasteiger partial charge < -0.3 is 14.8 Å². The molecule has 1 aliphatic heterocycles. The van der Waals surface area contributed by atoms with E-state index in [0.717, 1.165) is 29.7 Å². The molecule has 146 valence electrons. The van der Waals surface area contributed by atoms with Gasteiger partial charge in [-0.15, -0.1) is 0 Å². The third-order valence-electron chi connectivity index (χ3n) is 5.42. The first-order valence-electron chi connectivity index (χ1n) is 9.41. The van der Waals surface area contributed by atoms with Crippen molar-refractivity contribution in [2.24, 2.45) is 5.92 Å². The van der Waals surface area contributed by atoms with Gasteiger partial charge in [0, 0.05) is 0 Å². The Bertz CT molecular complexity index is 718. The molecule has 1 spiro atoms. The number of urea groups is 1. The molecule has 1 saturated carbocycles. The van der Waals surface area contributed by atoms with Crippen molar-refractivity contribution in [3.8, 4) is 5.75 Å². The van der Waals surface area contributed by atoms with Gasteiger partial charge in [0.1, 0.15) is 31.0 Å². The fraction of sp³-hybridized carbons (Fsp3) is 0.550. The molecule has 0 radical (unpaired) electrons. The Morgan fingerprint density at radius 2 is 1.96 bits per heavy atom. The van der Waals surface area contributed by atoms with Gasteiger partial charge in [0.15, 0.2) is 0 Å². The number of hydrogen-bond acceptors (Lipinski definition) is 5. The van der Waals surface area contributed by atoms with E-state index in [1.165, 1.54) is 0 Å². The van der Waals surface area contributed by atoms with E-state index in [4.69, 9.17) is 9.47 Å². The molecule has 3 rings (SSSR count). The Labute approximate surface area is 159 Å². The molecular weight excluding hydrogens is 348 g/mol. The summed E-state index contributed by atoms with van der Waals surface area (Å²) in [6.07, 6.45) is 3.45. The quantitative estimate of drug-likeness (QED) is 0.470. The van der Waals surface area contributed by atoms with E-state index in [0.29, 0.717) is 12.2 Å². The maximum atomic E-state index is 12.8. The molecule has 1 aromatic carbocycles. The van der Waals surface area contributed by atoms with Crippen molar-refractivity contribution in [1.82, 2.24) is 10.2 Å². The number of carbonyl (C=O) groups is 3. The van der Waals surface area contributed by atoms with Crippen LogP contribution in [0.4, 0.5) is 4.79 Å². The minimum absolute atomic E-state index is 0.0535. The van der Waals surface area contributed by atoms with Gasteiger partial charge in [0.05, 0.1) is 0 Å². The van der Waals surface area contributed by atoms with Gasteiger partial charge in [-0.2, -0.15) is 0 Å². The zero-order valence-electron chi connectivity index (χ0n) is 15.8. The number of rotatable bonds is 6. The van der Waals surface area contributed by atoms with Crippen molar-refractivity contribution >= 4 is 17.9 Å². The van der Waals surface area contributed by atoms with Crippen LogP contribution < -0.4 is 10.1 Å². The van der Waals surface area contributed by atoms with Crippen LogP contribution in [0.15, 0.2) is 24.3 Å². The van der Waals surface area contributed by atoms with Gasteiger partial charge in [-0.3, -0.25) is 14.5 Å². The van der Waals surface area contributed by atoms with E-state index >= 15 is 0 Å². The summed E-state index contributed by atoms with van der Waals surface area (Å²) in [6.45, 7) is 3.85. The Balaban J connectivity index is 1.47. The van der Waals surface area contributed by atoms with Crippen LogP contribution in [0.3, 0.4) is 0 Å². The minimum Gasteiger partial charge on any atom is -0.490 e. The van der Waals surface area contributed by atoms with Gasteiger partial charge in [0.25, 0.3) is 5.91 Å². The van der Waals surface area contributed by atoms with Crippen LogP contribution >= 0.6 is 0 Å². The summed E-state index contributed by atoms with van der Waals surface area (Å²) < 4.78 is 10.6.